The molecule has 2 aromatic rings. The molecule has 0 aliphatic rings. The fourth-order valence-electron chi connectivity index (χ4n) is 2.40. The van der Waals surface area contributed by atoms with Gasteiger partial charge in [0.2, 0.25) is 0 Å². The SMILES string of the molecule is Cc1cc(C)c(-c2cc(N)ccc2N)c(C)c1. The van der Waals surface area contributed by atoms with Gasteiger partial charge in [0.25, 0.3) is 0 Å². The Morgan fingerprint density at radius 2 is 1.41 bits per heavy atom. The van der Waals surface area contributed by atoms with Gasteiger partial charge < -0.3 is 11.5 Å². The van der Waals surface area contributed by atoms with Crippen molar-refractivity contribution in [3.05, 3.63) is 47.0 Å². The predicted molar refractivity (Wildman–Crippen MR) is 74.9 cm³/mol. The summed E-state index contributed by atoms with van der Waals surface area (Å²) in [5.74, 6) is 0. The zero-order valence-corrected chi connectivity index (χ0v) is 10.5. The van der Waals surface area contributed by atoms with Gasteiger partial charge in [0, 0.05) is 16.9 Å². The van der Waals surface area contributed by atoms with Gasteiger partial charge in [0.05, 0.1) is 0 Å². The molecule has 88 valence electrons. The molecular weight excluding hydrogens is 208 g/mol. The second-order valence-electron chi connectivity index (χ2n) is 4.62. The monoisotopic (exact) mass is 226 g/mol. The molecule has 0 saturated heterocycles. The van der Waals surface area contributed by atoms with Gasteiger partial charge in [-0.2, -0.15) is 0 Å². The first-order valence-corrected chi connectivity index (χ1v) is 5.72. The van der Waals surface area contributed by atoms with Gasteiger partial charge in [-0.25, -0.2) is 0 Å². The Kier molecular flexibility index (Phi) is 2.80. The van der Waals surface area contributed by atoms with E-state index < -0.39 is 0 Å². The van der Waals surface area contributed by atoms with Gasteiger partial charge in [-0.15, -0.1) is 0 Å². The lowest BCUT2D eigenvalue weighted by Gasteiger charge is -2.14. The Morgan fingerprint density at radius 1 is 0.824 bits per heavy atom. The van der Waals surface area contributed by atoms with E-state index >= 15 is 0 Å². The van der Waals surface area contributed by atoms with E-state index in [9.17, 15) is 0 Å². The molecule has 0 amide bonds. The number of aryl methyl sites for hydroxylation is 3. The molecule has 0 bridgehead atoms. The van der Waals surface area contributed by atoms with Crippen LogP contribution in [0.3, 0.4) is 0 Å². The standard InChI is InChI=1S/C15H18N2/c1-9-6-10(2)15(11(3)7-9)13-8-12(16)4-5-14(13)17/h4-8H,16-17H2,1-3H3. The molecule has 4 N–H and O–H groups in total. The molecule has 0 spiro atoms. The van der Waals surface area contributed by atoms with E-state index in [1.54, 1.807) is 0 Å². The smallest absolute Gasteiger partial charge is 0.0395 e. The largest absolute Gasteiger partial charge is 0.399 e. The Bertz CT molecular complexity index is 548. The summed E-state index contributed by atoms with van der Waals surface area (Å²) < 4.78 is 0. The summed E-state index contributed by atoms with van der Waals surface area (Å²) in [6, 6.07) is 9.98. The van der Waals surface area contributed by atoms with Crippen LogP contribution in [-0.2, 0) is 0 Å². The van der Waals surface area contributed by atoms with Gasteiger partial charge in [-0.3, -0.25) is 0 Å². The first-order valence-electron chi connectivity index (χ1n) is 5.72. The van der Waals surface area contributed by atoms with Crippen molar-refractivity contribution in [2.75, 3.05) is 11.5 Å². The summed E-state index contributed by atoms with van der Waals surface area (Å²) in [4.78, 5) is 0. The number of hydrogen-bond acceptors (Lipinski definition) is 2. The van der Waals surface area contributed by atoms with Crippen LogP contribution in [0, 0.1) is 20.8 Å². The fourth-order valence-corrected chi connectivity index (χ4v) is 2.40. The molecule has 0 aromatic heterocycles. The van der Waals surface area contributed by atoms with Crippen molar-refractivity contribution in [2.45, 2.75) is 20.8 Å². The van der Waals surface area contributed by atoms with Crippen molar-refractivity contribution in [3.63, 3.8) is 0 Å². The van der Waals surface area contributed by atoms with E-state index in [1.807, 2.05) is 18.2 Å². The van der Waals surface area contributed by atoms with Crippen LogP contribution in [0.2, 0.25) is 0 Å². The Morgan fingerprint density at radius 3 is 2.00 bits per heavy atom. The van der Waals surface area contributed by atoms with E-state index in [4.69, 9.17) is 11.5 Å². The molecule has 2 nitrogen and oxygen atoms in total. The van der Waals surface area contributed by atoms with Crippen molar-refractivity contribution in [1.82, 2.24) is 0 Å². The fraction of sp³-hybridized carbons (Fsp3) is 0.200. The van der Waals surface area contributed by atoms with Gasteiger partial charge in [0.1, 0.15) is 0 Å². The maximum absolute atomic E-state index is 6.04. The second-order valence-corrected chi connectivity index (χ2v) is 4.62. The molecule has 0 aliphatic heterocycles. The van der Waals surface area contributed by atoms with Crippen molar-refractivity contribution in [2.24, 2.45) is 0 Å². The zero-order chi connectivity index (χ0) is 12.6. The summed E-state index contributed by atoms with van der Waals surface area (Å²) in [5, 5.41) is 0. The van der Waals surface area contributed by atoms with Crippen LogP contribution < -0.4 is 11.5 Å². The second kappa shape index (κ2) is 4.13. The average molecular weight is 226 g/mol. The summed E-state index contributed by atoms with van der Waals surface area (Å²) >= 11 is 0. The minimum atomic E-state index is 0.744. The minimum absolute atomic E-state index is 0.744. The normalized spacial score (nSPS) is 10.5. The minimum Gasteiger partial charge on any atom is -0.399 e. The molecule has 2 rings (SSSR count). The molecular formula is C15H18N2. The Balaban J connectivity index is 2.72. The Labute approximate surface area is 102 Å². The summed E-state index contributed by atoms with van der Waals surface area (Å²) in [5.41, 5.74) is 19.4. The van der Waals surface area contributed by atoms with Crippen molar-refractivity contribution >= 4 is 11.4 Å². The van der Waals surface area contributed by atoms with E-state index in [0.717, 1.165) is 16.9 Å². The van der Waals surface area contributed by atoms with Crippen LogP contribution >= 0.6 is 0 Å². The number of anilines is 2. The summed E-state index contributed by atoms with van der Waals surface area (Å²) in [7, 11) is 0. The number of hydrogen-bond donors (Lipinski definition) is 2. The lowest BCUT2D eigenvalue weighted by atomic mass is 9.92. The molecule has 0 atom stereocenters. The summed E-state index contributed by atoms with van der Waals surface area (Å²) in [6.07, 6.45) is 0. The molecule has 0 radical (unpaired) electrons. The third-order valence-corrected chi connectivity index (χ3v) is 3.02. The Hall–Kier alpha value is -1.96. The molecule has 0 saturated carbocycles. The van der Waals surface area contributed by atoms with Gasteiger partial charge >= 0.3 is 0 Å². The predicted octanol–water partition coefficient (Wildman–Crippen LogP) is 3.44. The molecule has 2 aromatic carbocycles. The molecule has 0 heterocycles. The highest BCUT2D eigenvalue weighted by atomic mass is 14.6. The van der Waals surface area contributed by atoms with Crippen molar-refractivity contribution in [3.8, 4) is 11.1 Å². The number of benzene rings is 2. The maximum atomic E-state index is 6.04. The zero-order valence-electron chi connectivity index (χ0n) is 10.5. The molecule has 0 fully saturated rings. The van der Waals surface area contributed by atoms with Crippen LogP contribution in [0.15, 0.2) is 30.3 Å². The summed E-state index contributed by atoms with van der Waals surface area (Å²) in [6.45, 7) is 6.32. The average Bonchev–Trinajstić information content (AvgIpc) is 2.21. The molecule has 0 aliphatic carbocycles. The number of nitrogen functional groups attached to an aromatic ring is 2. The molecule has 0 unspecified atom stereocenters. The first-order chi connectivity index (χ1) is 7.99. The van der Waals surface area contributed by atoms with Gasteiger partial charge in [-0.1, -0.05) is 17.7 Å². The lowest BCUT2D eigenvalue weighted by molar-refractivity contribution is 1.32. The third kappa shape index (κ3) is 2.11. The van der Waals surface area contributed by atoms with Gasteiger partial charge in [-0.05, 0) is 55.7 Å². The van der Waals surface area contributed by atoms with Crippen LogP contribution in [-0.4, -0.2) is 0 Å². The topological polar surface area (TPSA) is 52.0 Å². The molecule has 17 heavy (non-hydrogen) atoms. The van der Waals surface area contributed by atoms with E-state index in [0.29, 0.717) is 0 Å². The third-order valence-electron chi connectivity index (χ3n) is 3.02. The highest BCUT2D eigenvalue weighted by molar-refractivity contribution is 5.83. The van der Waals surface area contributed by atoms with E-state index in [1.165, 1.54) is 22.3 Å². The quantitative estimate of drug-likeness (QED) is 0.732. The van der Waals surface area contributed by atoms with Crippen LogP contribution in [0.25, 0.3) is 11.1 Å². The maximum Gasteiger partial charge on any atom is 0.0395 e. The van der Waals surface area contributed by atoms with E-state index in [-0.39, 0.29) is 0 Å². The van der Waals surface area contributed by atoms with Crippen LogP contribution in [0.5, 0.6) is 0 Å². The van der Waals surface area contributed by atoms with Gasteiger partial charge in [0.15, 0.2) is 0 Å². The van der Waals surface area contributed by atoms with E-state index in [2.05, 4.69) is 32.9 Å². The highest BCUT2D eigenvalue weighted by Crippen LogP contribution is 2.33. The van der Waals surface area contributed by atoms with Crippen LogP contribution in [0.4, 0.5) is 11.4 Å². The van der Waals surface area contributed by atoms with Crippen molar-refractivity contribution < 1.29 is 0 Å². The first kappa shape index (κ1) is 11.5. The van der Waals surface area contributed by atoms with Crippen LogP contribution in [0.1, 0.15) is 16.7 Å². The lowest BCUT2D eigenvalue weighted by Crippen LogP contribution is -1.96. The number of nitrogens with two attached hydrogens (primary N) is 2. The molecule has 2 heteroatoms. The number of rotatable bonds is 1. The highest BCUT2D eigenvalue weighted by Gasteiger charge is 2.09. The van der Waals surface area contributed by atoms with Crippen molar-refractivity contribution in [1.29, 1.82) is 0 Å².